The molecule has 4 nitrogen and oxygen atoms in total. The van der Waals surface area contributed by atoms with Gasteiger partial charge in [-0.1, -0.05) is 13.8 Å². The zero-order valence-electron chi connectivity index (χ0n) is 9.70. The van der Waals surface area contributed by atoms with Crippen LogP contribution in [0, 0.1) is 0 Å². The van der Waals surface area contributed by atoms with Crippen LogP contribution in [0.3, 0.4) is 0 Å². The number of aromatic nitrogens is 2. The molecule has 1 N–H and O–H groups in total. The Kier molecular flexibility index (Phi) is 4.03. The molecule has 0 aliphatic rings. The Balaban J connectivity index is 3.03. The average molecular weight is 210 g/mol. The normalized spacial score (nSPS) is 13.1. The summed E-state index contributed by atoms with van der Waals surface area (Å²) in [6.45, 7) is 8.43. The molecule has 0 aliphatic heterocycles. The lowest BCUT2D eigenvalue weighted by Gasteiger charge is -2.12. The number of aromatic amines is 1. The minimum Gasteiger partial charge on any atom is -0.371 e. The summed E-state index contributed by atoms with van der Waals surface area (Å²) in [6, 6.07) is 1.53. The summed E-state index contributed by atoms with van der Waals surface area (Å²) >= 11 is 0. The van der Waals surface area contributed by atoms with Crippen LogP contribution in [0.2, 0.25) is 0 Å². The molecule has 0 radical (unpaired) electrons. The van der Waals surface area contributed by atoms with Crippen molar-refractivity contribution in [1.29, 1.82) is 0 Å². The molecule has 0 bridgehead atoms. The first-order valence-electron chi connectivity index (χ1n) is 5.27. The number of H-pyrrole nitrogens is 1. The van der Waals surface area contributed by atoms with Crippen LogP contribution in [0.5, 0.6) is 0 Å². The minimum atomic E-state index is -0.165. The van der Waals surface area contributed by atoms with Crippen LogP contribution >= 0.6 is 0 Å². The van der Waals surface area contributed by atoms with Crippen LogP contribution in [0.4, 0.5) is 0 Å². The van der Waals surface area contributed by atoms with Gasteiger partial charge in [-0.05, 0) is 19.8 Å². The highest BCUT2D eigenvalue weighted by molar-refractivity contribution is 5.07. The molecule has 0 amide bonds. The Bertz CT molecular complexity index is 371. The first kappa shape index (κ1) is 11.9. The van der Waals surface area contributed by atoms with Gasteiger partial charge < -0.3 is 9.72 Å². The van der Waals surface area contributed by atoms with Crippen LogP contribution in [0.15, 0.2) is 10.9 Å². The third-order valence-corrected chi connectivity index (χ3v) is 2.17. The molecule has 1 aromatic heterocycles. The molecule has 1 aromatic rings. The van der Waals surface area contributed by atoms with E-state index in [1.807, 2.05) is 27.7 Å². The van der Waals surface area contributed by atoms with E-state index in [9.17, 15) is 4.79 Å². The van der Waals surface area contributed by atoms with E-state index >= 15 is 0 Å². The van der Waals surface area contributed by atoms with Crippen molar-refractivity contribution in [3.8, 4) is 0 Å². The number of hydrogen-bond acceptors (Lipinski definition) is 3. The fraction of sp³-hybridized carbons (Fsp3) is 0.636. The van der Waals surface area contributed by atoms with Gasteiger partial charge >= 0.3 is 0 Å². The largest absolute Gasteiger partial charge is 0.371 e. The molecule has 0 saturated carbocycles. The van der Waals surface area contributed by atoms with Crippen molar-refractivity contribution < 1.29 is 4.74 Å². The summed E-state index contributed by atoms with van der Waals surface area (Å²) in [6.07, 6.45) is -0.165. The Morgan fingerprint density at radius 3 is 2.67 bits per heavy atom. The van der Waals surface area contributed by atoms with Gasteiger partial charge in [-0.3, -0.25) is 4.79 Å². The summed E-state index contributed by atoms with van der Waals surface area (Å²) in [7, 11) is 0. The maximum atomic E-state index is 11.4. The topological polar surface area (TPSA) is 55.0 Å². The van der Waals surface area contributed by atoms with E-state index in [2.05, 4.69) is 9.97 Å². The molecular weight excluding hydrogens is 192 g/mol. The summed E-state index contributed by atoms with van der Waals surface area (Å²) < 4.78 is 5.38. The molecule has 0 aromatic carbocycles. The lowest BCUT2D eigenvalue weighted by Crippen LogP contribution is -2.16. The molecule has 0 fully saturated rings. The highest BCUT2D eigenvalue weighted by atomic mass is 16.5. The standard InChI is InChI=1S/C11H18N2O2/c1-5-15-8(4)11-12-9(7(2)3)6-10(14)13-11/h6-8H,5H2,1-4H3,(H,12,13,14). The Labute approximate surface area is 89.7 Å². The summed E-state index contributed by atoms with van der Waals surface area (Å²) in [5.41, 5.74) is 0.690. The van der Waals surface area contributed by atoms with Crippen molar-refractivity contribution in [2.75, 3.05) is 6.61 Å². The van der Waals surface area contributed by atoms with Gasteiger partial charge in [-0.2, -0.15) is 0 Å². The third kappa shape index (κ3) is 3.16. The molecule has 1 atom stereocenters. The highest BCUT2D eigenvalue weighted by Crippen LogP contribution is 2.14. The molecule has 0 aliphatic carbocycles. The molecule has 1 unspecified atom stereocenters. The van der Waals surface area contributed by atoms with Gasteiger partial charge in [0.05, 0.1) is 5.69 Å². The smallest absolute Gasteiger partial charge is 0.251 e. The number of nitrogens with zero attached hydrogens (tertiary/aromatic N) is 1. The Hall–Kier alpha value is -1.16. The van der Waals surface area contributed by atoms with E-state index in [0.29, 0.717) is 12.4 Å². The van der Waals surface area contributed by atoms with Crippen molar-refractivity contribution in [3.63, 3.8) is 0 Å². The lowest BCUT2D eigenvalue weighted by atomic mass is 10.1. The van der Waals surface area contributed by atoms with Gasteiger partial charge in [0, 0.05) is 12.7 Å². The maximum Gasteiger partial charge on any atom is 0.251 e. The first-order valence-corrected chi connectivity index (χ1v) is 5.27. The van der Waals surface area contributed by atoms with Crippen molar-refractivity contribution in [3.05, 3.63) is 27.9 Å². The second-order valence-electron chi connectivity index (χ2n) is 3.81. The second kappa shape index (κ2) is 5.07. The summed E-state index contributed by atoms with van der Waals surface area (Å²) in [4.78, 5) is 18.4. The van der Waals surface area contributed by atoms with Crippen LogP contribution in [0.1, 0.15) is 51.2 Å². The Morgan fingerprint density at radius 1 is 1.47 bits per heavy atom. The first-order chi connectivity index (χ1) is 7.04. The van der Waals surface area contributed by atoms with Crippen molar-refractivity contribution in [2.24, 2.45) is 0 Å². The van der Waals surface area contributed by atoms with E-state index in [1.54, 1.807) is 0 Å². The van der Waals surface area contributed by atoms with E-state index in [1.165, 1.54) is 6.07 Å². The van der Waals surface area contributed by atoms with Crippen molar-refractivity contribution in [1.82, 2.24) is 9.97 Å². The molecule has 1 rings (SSSR count). The third-order valence-electron chi connectivity index (χ3n) is 2.17. The number of nitrogens with one attached hydrogen (secondary N) is 1. The van der Waals surface area contributed by atoms with Gasteiger partial charge in [0.25, 0.3) is 5.56 Å². The van der Waals surface area contributed by atoms with Crippen LogP contribution in [-0.2, 0) is 4.74 Å². The van der Waals surface area contributed by atoms with Crippen molar-refractivity contribution >= 4 is 0 Å². The van der Waals surface area contributed by atoms with Crippen LogP contribution in [-0.4, -0.2) is 16.6 Å². The number of rotatable bonds is 4. The molecule has 84 valence electrons. The summed E-state index contributed by atoms with van der Waals surface area (Å²) in [5, 5.41) is 0. The molecule has 0 saturated heterocycles. The predicted molar refractivity (Wildman–Crippen MR) is 59.0 cm³/mol. The molecule has 0 spiro atoms. The molecule has 1 heterocycles. The predicted octanol–water partition coefficient (Wildman–Crippen LogP) is 1.99. The van der Waals surface area contributed by atoms with Gasteiger partial charge in [0.15, 0.2) is 0 Å². The van der Waals surface area contributed by atoms with Gasteiger partial charge in [-0.15, -0.1) is 0 Å². The number of hydrogen-bond donors (Lipinski definition) is 1. The average Bonchev–Trinajstić information content (AvgIpc) is 2.17. The lowest BCUT2D eigenvalue weighted by molar-refractivity contribution is 0.0696. The van der Waals surface area contributed by atoms with Crippen LogP contribution in [0.25, 0.3) is 0 Å². The fourth-order valence-electron chi connectivity index (χ4n) is 1.31. The van der Waals surface area contributed by atoms with E-state index in [4.69, 9.17) is 4.74 Å². The highest BCUT2D eigenvalue weighted by Gasteiger charge is 2.10. The zero-order chi connectivity index (χ0) is 11.4. The Morgan fingerprint density at radius 2 is 2.13 bits per heavy atom. The second-order valence-corrected chi connectivity index (χ2v) is 3.81. The zero-order valence-corrected chi connectivity index (χ0v) is 9.70. The molecule has 15 heavy (non-hydrogen) atoms. The minimum absolute atomic E-state index is 0.116. The maximum absolute atomic E-state index is 11.4. The van der Waals surface area contributed by atoms with E-state index < -0.39 is 0 Å². The monoisotopic (exact) mass is 210 g/mol. The quantitative estimate of drug-likeness (QED) is 0.826. The van der Waals surface area contributed by atoms with Crippen LogP contribution < -0.4 is 5.56 Å². The van der Waals surface area contributed by atoms with Gasteiger partial charge in [-0.25, -0.2) is 4.98 Å². The summed E-state index contributed by atoms with van der Waals surface area (Å²) in [5.74, 6) is 0.855. The SMILES string of the molecule is CCOC(C)c1nc(C(C)C)cc(=O)[nH]1. The van der Waals surface area contributed by atoms with Gasteiger partial charge in [0.1, 0.15) is 11.9 Å². The van der Waals surface area contributed by atoms with E-state index in [-0.39, 0.29) is 17.6 Å². The fourth-order valence-corrected chi connectivity index (χ4v) is 1.31. The molecule has 4 heteroatoms. The molecular formula is C11H18N2O2. The number of ether oxygens (including phenoxy) is 1. The van der Waals surface area contributed by atoms with Crippen molar-refractivity contribution in [2.45, 2.75) is 39.7 Å². The van der Waals surface area contributed by atoms with E-state index in [0.717, 1.165) is 5.69 Å². The van der Waals surface area contributed by atoms with Gasteiger partial charge in [0.2, 0.25) is 0 Å².